The number of rotatable bonds is 2. The monoisotopic (exact) mass is 336 g/mol. The van der Waals surface area contributed by atoms with E-state index in [1.165, 1.54) is 22.0 Å². The lowest BCUT2D eigenvalue weighted by Crippen LogP contribution is -2.34. The number of anilines is 1. The Hall–Kier alpha value is -2.40. The van der Waals surface area contributed by atoms with Gasteiger partial charge in [-0.1, -0.05) is 30.3 Å². The summed E-state index contributed by atoms with van der Waals surface area (Å²) < 4.78 is 1.98. The number of hydrogen-bond acceptors (Lipinski definition) is 2. The molecule has 1 atom stereocenters. The first-order chi connectivity index (χ1) is 11.7. The minimum Gasteiger partial charge on any atom is -0.356 e. The van der Waals surface area contributed by atoms with Gasteiger partial charge in [0.05, 0.1) is 12.2 Å². The smallest absolute Gasteiger partial charge is 0.171 e. The molecule has 3 aromatic rings. The van der Waals surface area contributed by atoms with Crippen molar-refractivity contribution < 1.29 is 0 Å². The number of hydrogen-bond donors (Lipinski definition) is 2. The van der Waals surface area contributed by atoms with Gasteiger partial charge in [0.15, 0.2) is 5.11 Å². The van der Waals surface area contributed by atoms with Gasteiger partial charge in [0.2, 0.25) is 0 Å². The average Bonchev–Trinajstić information content (AvgIpc) is 2.97. The van der Waals surface area contributed by atoms with E-state index in [-0.39, 0.29) is 6.04 Å². The Morgan fingerprint density at radius 3 is 2.92 bits per heavy atom. The first kappa shape index (κ1) is 15.1. The van der Waals surface area contributed by atoms with Crippen molar-refractivity contribution in [3.05, 3.63) is 59.9 Å². The maximum absolute atomic E-state index is 5.53. The molecule has 1 aliphatic carbocycles. The van der Waals surface area contributed by atoms with E-state index >= 15 is 0 Å². The largest absolute Gasteiger partial charge is 0.356 e. The first-order valence-corrected chi connectivity index (χ1v) is 8.68. The minimum absolute atomic E-state index is 0.239. The number of benzene rings is 2. The van der Waals surface area contributed by atoms with Crippen molar-refractivity contribution in [3.63, 3.8) is 0 Å². The van der Waals surface area contributed by atoms with Gasteiger partial charge in [-0.3, -0.25) is 4.68 Å². The van der Waals surface area contributed by atoms with Crippen molar-refractivity contribution in [2.24, 2.45) is 7.05 Å². The number of nitrogens with zero attached hydrogens (tertiary/aromatic N) is 2. The van der Waals surface area contributed by atoms with Crippen molar-refractivity contribution in [3.8, 4) is 0 Å². The highest BCUT2D eigenvalue weighted by Gasteiger charge is 2.23. The van der Waals surface area contributed by atoms with E-state index in [9.17, 15) is 0 Å². The molecule has 122 valence electrons. The average molecular weight is 336 g/mol. The zero-order chi connectivity index (χ0) is 16.5. The van der Waals surface area contributed by atoms with Crippen LogP contribution in [0.25, 0.3) is 10.8 Å². The third kappa shape index (κ3) is 2.87. The number of aryl methyl sites for hydroxylation is 1. The van der Waals surface area contributed by atoms with E-state index in [1.807, 2.05) is 17.9 Å². The molecule has 4 nitrogen and oxygen atoms in total. The second-order valence-corrected chi connectivity index (χ2v) is 6.68. The maximum Gasteiger partial charge on any atom is 0.171 e. The third-order valence-corrected chi connectivity index (χ3v) is 4.91. The zero-order valence-corrected chi connectivity index (χ0v) is 14.4. The molecule has 0 amide bonds. The van der Waals surface area contributed by atoms with Crippen LogP contribution >= 0.6 is 12.2 Å². The Balaban J connectivity index is 1.48. The summed E-state index contributed by atoms with van der Waals surface area (Å²) in [5.74, 6) is 0. The molecule has 0 saturated heterocycles. The Morgan fingerprint density at radius 2 is 2.04 bits per heavy atom. The predicted octanol–water partition coefficient (Wildman–Crippen LogP) is 3.94. The van der Waals surface area contributed by atoms with Gasteiger partial charge < -0.3 is 10.6 Å². The fraction of sp³-hybridized carbons (Fsp3) is 0.263. The molecule has 0 radical (unpaired) electrons. The molecule has 0 unspecified atom stereocenters. The fourth-order valence-electron chi connectivity index (χ4n) is 3.45. The highest BCUT2D eigenvalue weighted by molar-refractivity contribution is 7.80. The highest BCUT2D eigenvalue weighted by atomic mass is 32.1. The molecule has 1 aliphatic rings. The van der Waals surface area contributed by atoms with E-state index in [0.717, 1.165) is 24.9 Å². The zero-order valence-electron chi connectivity index (χ0n) is 13.6. The van der Waals surface area contributed by atoms with Crippen LogP contribution in [0.1, 0.15) is 30.1 Å². The molecule has 0 fully saturated rings. The van der Waals surface area contributed by atoms with Crippen LogP contribution in [-0.4, -0.2) is 14.9 Å². The van der Waals surface area contributed by atoms with Crippen LogP contribution in [0.5, 0.6) is 0 Å². The molecule has 0 aliphatic heterocycles. The summed E-state index contributed by atoms with van der Waals surface area (Å²) in [7, 11) is 2.01. The van der Waals surface area contributed by atoms with E-state index in [1.54, 1.807) is 0 Å². The van der Waals surface area contributed by atoms with Gasteiger partial charge in [0.25, 0.3) is 0 Å². The van der Waals surface area contributed by atoms with Crippen molar-refractivity contribution in [1.29, 1.82) is 0 Å². The Kier molecular flexibility index (Phi) is 3.94. The third-order valence-electron chi connectivity index (χ3n) is 4.69. The summed E-state index contributed by atoms with van der Waals surface area (Å²) in [6.45, 7) is 0. The van der Waals surface area contributed by atoms with Crippen LogP contribution in [0.4, 0.5) is 5.69 Å². The van der Waals surface area contributed by atoms with E-state index < -0.39 is 0 Å². The van der Waals surface area contributed by atoms with Gasteiger partial charge in [-0.25, -0.2) is 0 Å². The summed E-state index contributed by atoms with van der Waals surface area (Å²) >= 11 is 5.53. The van der Waals surface area contributed by atoms with Gasteiger partial charge in [-0.2, -0.15) is 5.10 Å². The van der Waals surface area contributed by atoms with Crippen molar-refractivity contribution in [2.75, 3.05) is 5.32 Å². The van der Waals surface area contributed by atoms with Crippen LogP contribution in [-0.2, 0) is 13.5 Å². The number of thiocarbonyl (C=S) groups is 1. The second kappa shape index (κ2) is 6.24. The number of aromatic nitrogens is 2. The van der Waals surface area contributed by atoms with E-state index in [2.05, 4.69) is 58.2 Å². The Labute approximate surface area is 146 Å². The lowest BCUT2D eigenvalue weighted by Gasteiger charge is -2.25. The lowest BCUT2D eigenvalue weighted by atomic mass is 9.93. The SMILES string of the molecule is Cn1ncc2c1CCC[C@@H]2NC(=S)Nc1ccc2ccccc2c1. The second-order valence-electron chi connectivity index (χ2n) is 6.28. The molecule has 1 aromatic heterocycles. The summed E-state index contributed by atoms with van der Waals surface area (Å²) in [4.78, 5) is 0. The number of nitrogens with one attached hydrogen (secondary N) is 2. The first-order valence-electron chi connectivity index (χ1n) is 8.28. The summed E-state index contributed by atoms with van der Waals surface area (Å²) in [6, 6.07) is 14.9. The molecule has 0 bridgehead atoms. The van der Waals surface area contributed by atoms with Crippen LogP contribution in [0.2, 0.25) is 0 Å². The van der Waals surface area contributed by atoms with Gasteiger partial charge >= 0.3 is 0 Å². The Bertz CT molecular complexity index is 899. The fourth-order valence-corrected chi connectivity index (χ4v) is 3.71. The molecular weight excluding hydrogens is 316 g/mol. The Morgan fingerprint density at radius 1 is 1.21 bits per heavy atom. The molecule has 4 rings (SSSR count). The lowest BCUT2D eigenvalue weighted by molar-refractivity contribution is 0.514. The van der Waals surface area contributed by atoms with Crippen LogP contribution in [0.15, 0.2) is 48.7 Å². The quantitative estimate of drug-likeness (QED) is 0.696. The predicted molar refractivity (Wildman–Crippen MR) is 102 cm³/mol. The van der Waals surface area contributed by atoms with Crippen LogP contribution in [0, 0.1) is 0 Å². The summed E-state index contributed by atoms with van der Waals surface area (Å²) in [5, 5.41) is 14.2. The standard InChI is InChI=1S/C19H20N4S/c1-23-18-8-4-7-17(16(18)12-20-23)22-19(24)21-15-10-9-13-5-2-3-6-14(13)11-15/h2-3,5-6,9-12,17H,4,7-8H2,1H3,(H2,21,22,24)/t17-/m0/s1. The van der Waals surface area contributed by atoms with Gasteiger partial charge in [-0.15, -0.1) is 0 Å². The van der Waals surface area contributed by atoms with Gasteiger partial charge in [-0.05, 0) is 54.4 Å². The summed E-state index contributed by atoms with van der Waals surface area (Å²) in [5.41, 5.74) is 3.59. The molecule has 24 heavy (non-hydrogen) atoms. The molecule has 2 aromatic carbocycles. The molecule has 5 heteroatoms. The van der Waals surface area contributed by atoms with Gasteiger partial charge in [0, 0.05) is 24.0 Å². The molecule has 0 saturated carbocycles. The van der Waals surface area contributed by atoms with Crippen molar-refractivity contribution in [1.82, 2.24) is 15.1 Å². The summed E-state index contributed by atoms with van der Waals surface area (Å²) in [6.07, 6.45) is 5.29. The van der Waals surface area contributed by atoms with Crippen molar-refractivity contribution >= 4 is 33.8 Å². The van der Waals surface area contributed by atoms with Crippen molar-refractivity contribution in [2.45, 2.75) is 25.3 Å². The molecule has 1 heterocycles. The normalized spacial score (nSPS) is 16.6. The van der Waals surface area contributed by atoms with Crippen LogP contribution < -0.4 is 10.6 Å². The molecular formula is C19H20N4S. The van der Waals surface area contributed by atoms with Crippen LogP contribution in [0.3, 0.4) is 0 Å². The molecule has 2 N–H and O–H groups in total. The number of fused-ring (bicyclic) bond motifs is 2. The maximum atomic E-state index is 5.53. The van der Waals surface area contributed by atoms with Gasteiger partial charge in [0.1, 0.15) is 0 Å². The van der Waals surface area contributed by atoms with E-state index in [4.69, 9.17) is 12.2 Å². The molecule has 0 spiro atoms. The highest BCUT2D eigenvalue weighted by Crippen LogP contribution is 2.29. The topological polar surface area (TPSA) is 41.9 Å². The minimum atomic E-state index is 0.239. The van der Waals surface area contributed by atoms with E-state index in [0.29, 0.717) is 5.11 Å².